The molecule has 3 nitrogen and oxygen atoms in total. The topological polar surface area (TPSA) is 39.1 Å². The number of ketones is 1. The number of hydrogen-bond acceptors (Lipinski definition) is 3. The van der Waals surface area contributed by atoms with Gasteiger partial charge in [-0.1, -0.05) is 34.1 Å². The molecule has 20 heavy (non-hydrogen) atoms. The van der Waals surface area contributed by atoms with Crippen molar-refractivity contribution in [2.24, 2.45) is 0 Å². The molecule has 0 aliphatic carbocycles. The summed E-state index contributed by atoms with van der Waals surface area (Å²) in [7, 11) is 0. The highest BCUT2D eigenvalue weighted by molar-refractivity contribution is 9.10. The molecule has 0 saturated heterocycles. The van der Waals surface area contributed by atoms with Crippen molar-refractivity contribution in [1.82, 2.24) is 4.57 Å². The molecule has 0 amide bonds. The molecule has 0 atom stereocenters. The van der Waals surface area contributed by atoms with Crippen molar-refractivity contribution in [1.29, 1.82) is 0 Å². The molecule has 5 heteroatoms. The minimum atomic E-state index is -0.121. The molecule has 0 aliphatic heterocycles. The van der Waals surface area contributed by atoms with Crippen molar-refractivity contribution in [2.75, 3.05) is 0 Å². The van der Waals surface area contributed by atoms with Crippen molar-refractivity contribution >= 4 is 43.1 Å². The molecule has 0 radical (unpaired) electrons. The molecule has 0 spiro atoms. The lowest BCUT2D eigenvalue weighted by molar-refractivity contribution is 0.0970. The molecule has 0 unspecified atom stereocenters. The number of hydrogen-bond donors (Lipinski definition) is 0. The zero-order valence-corrected chi connectivity index (χ0v) is 12.8. The summed E-state index contributed by atoms with van der Waals surface area (Å²) >= 11 is 4.88. The smallest absolute Gasteiger partial charge is 0.259 e. The van der Waals surface area contributed by atoms with Gasteiger partial charge < -0.3 is 4.57 Å². The van der Waals surface area contributed by atoms with Crippen LogP contribution in [0.2, 0.25) is 0 Å². The summed E-state index contributed by atoms with van der Waals surface area (Å²) in [6.45, 7) is 0.0488. The van der Waals surface area contributed by atoms with Gasteiger partial charge in [-0.05, 0) is 23.6 Å². The Labute approximate surface area is 127 Å². The van der Waals surface area contributed by atoms with Crippen LogP contribution in [-0.2, 0) is 6.54 Å². The van der Waals surface area contributed by atoms with Gasteiger partial charge in [-0.15, -0.1) is 11.3 Å². The molecule has 3 rings (SSSR count). The van der Waals surface area contributed by atoms with E-state index >= 15 is 0 Å². The number of nitrogens with zero attached hydrogens (tertiary/aromatic N) is 1. The number of fused-ring (bicyclic) bond motifs is 1. The highest BCUT2D eigenvalue weighted by Gasteiger charge is 2.12. The monoisotopic (exact) mass is 347 g/mol. The Hall–Kier alpha value is -1.72. The third kappa shape index (κ3) is 2.34. The van der Waals surface area contributed by atoms with Gasteiger partial charge in [-0.2, -0.15) is 0 Å². The van der Waals surface area contributed by atoms with Crippen LogP contribution in [0.4, 0.5) is 0 Å². The Bertz CT molecular complexity index is 850. The van der Waals surface area contributed by atoms with Gasteiger partial charge in [0.2, 0.25) is 0 Å². The van der Waals surface area contributed by atoms with Gasteiger partial charge in [0.05, 0.1) is 11.9 Å². The summed E-state index contributed by atoms with van der Waals surface area (Å²) in [6.07, 6.45) is 1.68. The first kappa shape index (κ1) is 13.3. The number of carbonyl (C=O) groups is 1. The standard InChI is InChI=1S/C15H10BrNO2S/c16-12-4-2-1-3-10(12)13(18)9-17-7-5-14-11(15(17)19)6-8-20-14/h1-8H,9H2. The maximum atomic E-state index is 12.3. The first-order valence-corrected chi connectivity index (χ1v) is 7.68. The summed E-state index contributed by atoms with van der Waals surface area (Å²) in [5.41, 5.74) is 0.467. The van der Waals surface area contributed by atoms with E-state index in [0.717, 1.165) is 9.17 Å². The van der Waals surface area contributed by atoms with Crippen LogP contribution < -0.4 is 5.56 Å². The molecule has 2 heterocycles. The van der Waals surface area contributed by atoms with Gasteiger partial charge in [0.15, 0.2) is 5.78 Å². The Kier molecular flexibility index (Phi) is 3.54. The van der Waals surface area contributed by atoms with Crippen LogP contribution in [0, 0.1) is 0 Å². The SMILES string of the molecule is O=C(Cn1ccc2sccc2c1=O)c1ccccc1Br. The Morgan fingerprint density at radius 1 is 1.20 bits per heavy atom. The van der Waals surface area contributed by atoms with Crippen LogP contribution in [0.5, 0.6) is 0 Å². The van der Waals surface area contributed by atoms with E-state index in [2.05, 4.69) is 15.9 Å². The van der Waals surface area contributed by atoms with E-state index in [1.807, 2.05) is 29.6 Å². The third-order valence-electron chi connectivity index (χ3n) is 3.08. The van der Waals surface area contributed by atoms with Gasteiger partial charge in [0, 0.05) is 20.9 Å². The van der Waals surface area contributed by atoms with E-state index in [4.69, 9.17) is 0 Å². The van der Waals surface area contributed by atoms with E-state index in [1.165, 1.54) is 15.9 Å². The second kappa shape index (κ2) is 5.34. The molecule has 0 N–H and O–H groups in total. The summed E-state index contributed by atoms with van der Waals surface area (Å²) < 4.78 is 3.14. The van der Waals surface area contributed by atoms with Crippen molar-refractivity contribution in [2.45, 2.75) is 6.54 Å². The fourth-order valence-electron chi connectivity index (χ4n) is 2.06. The number of rotatable bonds is 3. The van der Waals surface area contributed by atoms with Crippen LogP contribution in [0.3, 0.4) is 0 Å². The Balaban J connectivity index is 1.97. The van der Waals surface area contributed by atoms with Crippen molar-refractivity contribution in [3.8, 4) is 0 Å². The highest BCUT2D eigenvalue weighted by atomic mass is 79.9. The average Bonchev–Trinajstić information content (AvgIpc) is 2.91. The van der Waals surface area contributed by atoms with Crippen LogP contribution in [-0.4, -0.2) is 10.4 Å². The van der Waals surface area contributed by atoms with Crippen LogP contribution in [0.1, 0.15) is 10.4 Å². The van der Waals surface area contributed by atoms with Gasteiger partial charge >= 0.3 is 0 Å². The first-order chi connectivity index (χ1) is 9.66. The van der Waals surface area contributed by atoms with Crippen molar-refractivity contribution in [3.63, 3.8) is 0 Å². The number of pyridine rings is 1. The molecule has 0 fully saturated rings. The maximum Gasteiger partial charge on any atom is 0.259 e. The van der Waals surface area contributed by atoms with E-state index in [-0.39, 0.29) is 17.9 Å². The molecular weight excluding hydrogens is 338 g/mol. The predicted molar refractivity (Wildman–Crippen MR) is 84.6 cm³/mol. The normalized spacial score (nSPS) is 10.8. The molecule has 100 valence electrons. The summed E-state index contributed by atoms with van der Waals surface area (Å²) in [5.74, 6) is -0.0887. The first-order valence-electron chi connectivity index (χ1n) is 6.01. The number of benzene rings is 1. The Morgan fingerprint density at radius 2 is 2.00 bits per heavy atom. The summed E-state index contributed by atoms with van der Waals surface area (Å²) in [6, 6.07) is 10.9. The molecule has 2 aromatic heterocycles. The zero-order valence-electron chi connectivity index (χ0n) is 10.4. The fourth-order valence-corrected chi connectivity index (χ4v) is 3.34. The zero-order chi connectivity index (χ0) is 14.1. The van der Waals surface area contributed by atoms with E-state index in [1.54, 1.807) is 18.3 Å². The third-order valence-corrected chi connectivity index (χ3v) is 4.65. The van der Waals surface area contributed by atoms with E-state index in [0.29, 0.717) is 10.9 Å². The fraction of sp³-hybridized carbons (Fsp3) is 0.0667. The van der Waals surface area contributed by atoms with E-state index < -0.39 is 0 Å². The molecule has 0 saturated carbocycles. The van der Waals surface area contributed by atoms with Crippen LogP contribution in [0.15, 0.2) is 57.2 Å². The Morgan fingerprint density at radius 3 is 2.80 bits per heavy atom. The lowest BCUT2D eigenvalue weighted by Crippen LogP contribution is -2.23. The molecule has 1 aromatic carbocycles. The lowest BCUT2D eigenvalue weighted by Gasteiger charge is -2.06. The summed E-state index contributed by atoms with van der Waals surface area (Å²) in [4.78, 5) is 24.5. The van der Waals surface area contributed by atoms with Crippen LogP contribution in [0.25, 0.3) is 10.1 Å². The minimum Gasteiger partial charge on any atom is -0.307 e. The summed E-state index contributed by atoms with van der Waals surface area (Å²) in [5, 5.41) is 2.55. The van der Waals surface area contributed by atoms with E-state index in [9.17, 15) is 9.59 Å². The molecule has 0 bridgehead atoms. The highest BCUT2D eigenvalue weighted by Crippen LogP contribution is 2.18. The minimum absolute atomic E-state index is 0.0488. The second-order valence-electron chi connectivity index (χ2n) is 4.35. The number of thiophene rings is 1. The molecule has 3 aromatic rings. The van der Waals surface area contributed by atoms with Crippen molar-refractivity contribution in [3.05, 3.63) is 68.4 Å². The van der Waals surface area contributed by atoms with Gasteiger partial charge in [0.25, 0.3) is 5.56 Å². The largest absolute Gasteiger partial charge is 0.307 e. The lowest BCUT2D eigenvalue weighted by atomic mass is 10.1. The van der Waals surface area contributed by atoms with Crippen LogP contribution >= 0.6 is 27.3 Å². The molecular formula is C15H10BrNO2S. The molecule has 0 aliphatic rings. The quantitative estimate of drug-likeness (QED) is 0.677. The number of aromatic nitrogens is 1. The van der Waals surface area contributed by atoms with Gasteiger partial charge in [0.1, 0.15) is 0 Å². The number of carbonyl (C=O) groups excluding carboxylic acids is 1. The van der Waals surface area contributed by atoms with Gasteiger partial charge in [-0.25, -0.2) is 0 Å². The second-order valence-corrected chi connectivity index (χ2v) is 6.15. The maximum absolute atomic E-state index is 12.3. The number of halogens is 1. The van der Waals surface area contributed by atoms with Gasteiger partial charge in [-0.3, -0.25) is 9.59 Å². The van der Waals surface area contributed by atoms with Crippen molar-refractivity contribution < 1.29 is 4.79 Å². The predicted octanol–water partition coefficient (Wildman–Crippen LogP) is 3.71. The average molecular weight is 348 g/mol. The number of Topliss-reactive ketones (excluding diaryl/α,β-unsaturated/α-hetero) is 1.